The highest BCUT2D eigenvalue weighted by molar-refractivity contribution is 6.36. The fourth-order valence-corrected chi connectivity index (χ4v) is 2.09. The molecule has 1 rings (SSSR count). The Morgan fingerprint density at radius 1 is 1.32 bits per heavy atom. The van der Waals surface area contributed by atoms with Crippen LogP contribution < -0.4 is 5.32 Å². The van der Waals surface area contributed by atoms with Gasteiger partial charge in [0.1, 0.15) is 10.9 Å². The van der Waals surface area contributed by atoms with Crippen molar-refractivity contribution in [3.8, 4) is 0 Å². The highest BCUT2D eigenvalue weighted by Crippen LogP contribution is 2.24. The Labute approximate surface area is 127 Å². The van der Waals surface area contributed by atoms with Crippen molar-refractivity contribution in [3.63, 3.8) is 0 Å². The lowest BCUT2D eigenvalue weighted by atomic mass is 10.2. The standard InChI is InChI=1S/C13H14Cl3NO2/c1-7(2)11(12(16)17-3)19-13(18)9-5-4-8(14)6-10(9)15/h4-7,17H,1-3H3. The molecule has 0 saturated carbocycles. The zero-order valence-electron chi connectivity index (χ0n) is 10.8. The molecule has 0 heterocycles. The molecular weight excluding hydrogens is 309 g/mol. The molecule has 1 aromatic carbocycles. The average molecular weight is 323 g/mol. The Balaban J connectivity index is 3.01. The molecule has 0 aliphatic rings. The van der Waals surface area contributed by atoms with Gasteiger partial charge in [-0.1, -0.05) is 48.7 Å². The van der Waals surface area contributed by atoms with Crippen LogP contribution in [0.2, 0.25) is 10.0 Å². The summed E-state index contributed by atoms with van der Waals surface area (Å²) in [7, 11) is 1.65. The summed E-state index contributed by atoms with van der Waals surface area (Å²) in [5, 5.41) is 3.72. The number of nitrogens with one attached hydrogen (secondary N) is 1. The number of allylic oxidation sites excluding steroid dienone is 1. The first-order valence-electron chi connectivity index (χ1n) is 5.61. The maximum Gasteiger partial charge on any atom is 0.344 e. The van der Waals surface area contributed by atoms with Crippen LogP contribution in [0.1, 0.15) is 24.2 Å². The number of benzene rings is 1. The molecule has 1 aromatic rings. The van der Waals surface area contributed by atoms with Crippen molar-refractivity contribution < 1.29 is 9.53 Å². The Morgan fingerprint density at radius 2 is 1.95 bits per heavy atom. The molecular formula is C13H14Cl3NO2. The van der Waals surface area contributed by atoms with Gasteiger partial charge in [-0.2, -0.15) is 0 Å². The van der Waals surface area contributed by atoms with Crippen LogP contribution in [0, 0.1) is 5.92 Å². The van der Waals surface area contributed by atoms with Gasteiger partial charge in [0.05, 0.1) is 10.6 Å². The van der Waals surface area contributed by atoms with Crippen molar-refractivity contribution in [1.82, 2.24) is 5.32 Å². The third-order valence-electron chi connectivity index (χ3n) is 2.31. The monoisotopic (exact) mass is 321 g/mol. The third-order valence-corrected chi connectivity index (χ3v) is 3.24. The second-order valence-corrected chi connectivity index (χ2v) is 5.32. The molecule has 0 aromatic heterocycles. The Hall–Kier alpha value is -0.900. The van der Waals surface area contributed by atoms with Crippen LogP contribution in [-0.2, 0) is 4.74 Å². The minimum absolute atomic E-state index is 0.0463. The van der Waals surface area contributed by atoms with Gasteiger partial charge in [-0.3, -0.25) is 0 Å². The molecule has 104 valence electrons. The number of hydrogen-bond acceptors (Lipinski definition) is 3. The molecule has 0 bridgehead atoms. The van der Waals surface area contributed by atoms with E-state index in [1.807, 2.05) is 13.8 Å². The van der Waals surface area contributed by atoms with Gasteiger partial charge in [0, 0.05) is 18.0 Å². The summed E-state index contributed by atoms with van der Waals surface area (Å²) in [6.07, 6.45) is 0. The number of carbonyl (C=O) groups excluding carboxylic acids is 1. The van der Waals surface area contributed by atoms with Crippen molar-refractivity contribution in [2.75, 3.05) is 7.05 Å². The predicted octanol–water partition coefficient (Wildman–Crippen LogP) is 4.43. The Morgan fingerprint density at radius 3 is 2.42 bits per heavy atom. The first-order chi connectivity index (χ1) is 8.86. The summed E-state index contributed by atoms with van der Waals surface area (Å²) in [5.74, 6) is -0.256. The van der Waals surface area contributed by atoms with E-state index in [2.05, 4.69) is 5.32 Å². The van der Waals surface area contributed by atoms with Crippen LogP contribution in [0.15, 0.2) is 29.1 Å². The van der Waals surface area contributed by atoms with Crippen LogP contribution in [0.5, 0.6) is 0 Å². The molecule has 3 nitrogen and oxygen atoms in total. The molecule has 0 aliphatic carbocycles. The summed E-state index contributed by atoms with van der Waals surface area (Å²) >= 11 is 17.7. The first kappa shape index (κ1) is 16.2. The molecule has 19 heavy (non-hydrogen) atoms. The fourth-order valence-electron chi connectivity index (χ4n) is 1.35. The molecule has 0 amide bonds. The topological polar surface area (TPSA) is 38.3 Å². The molecule has 0 radical (unpaired) electrons. The van der Waals surface area contributed by atoms with Crippen LogP contribution in [0.3, 0.4) is 0 Å². The van der Waals surface area contributed by atoms with Gasteiger partial charge >= 0.3 is 5.97 Å². The number of ether oxygens (including phenoxy) is 1. The van der Waals surface area contributed by atoms with Crippen LogP contribution in [0.4, 0.5) is 0 Å². The highest BCUT2D eigenvalue weighted by Gasteiger charge is 2.18. The Bertz CT molecular complexity index is 513. The second-order valence-electron chi connectivity index (χ2n) is 4.10. The molecule has 0 spiro atoms. The molecule has 0 fully saturated rings. The summed E-state index contributed by atoms with van der Waals surface area (Å²) in [6, 6.07) is 4.57. The molecule has 0 atom stereocenters. The number of rotatable bonds is 4. The van der Waals surface area contributed by atoms with Crippen LogP contribution in [-0.4, -0.2) is 13.0 Å². The summed E-state index contributed by atoms with van der Waals surface area (Å²) in [5.41, 5.74) is 0.241. The first-order valence-corrected chi connectivity index (χ1v) is 6.74. The van der Waals surface area contributed by atoms with E-state index in [-0.39, 0.29) is 21.7 Å². The van der Waals surface area contributed by atoms with Crippen LogP contribution in [0.25, 0.3) is 0 Å². The number of halogens is 3. The van der Waals surface area contributed by atoms with Gasteiger partial charge in [-0.05, 0) is 18.2 Å². The van der Waals surface area contributed by atoms with E-state index in [9.17, 15) is 4.79 Å². The van der Waals surface area contributed by atoms with Crippen molar-refractivity contribution in [1.29, 1.82) is 0 Å². The number of carbonyl (C=O) groups is 1. The van der Waals surface area contributed by atoms with Crippen molar-refractivity contribution >= 4 is 40.8 Å². The average Bonchev–Trinajstić information content (AvgIpc) is 2.34. The summed E-state index contributed by atoms with van der Waals surface area (Å²) in [4.78, 5) is 12.0. The lowest BCUT2D eigenvalue weighted by Gasteiger charge is -2.14. The minimum Gasteiger partial charge on any atom is -0.424 e. The van der Waals surface area contributed by atoms with E-state index in [4.69, 9.17) is 39.5 Å². The van der Waals surface area contributed by atoms with Gasteiger partial charge in [0.15, 0.2) is 0 Å². The zero-order valence-corrected chi connectivity index (χ0v) is 13.0. The molecule has 0 aliphatic heterocycles. The van der Waals surface area contributed by atoms with E-state index in [1.54, 1.807) is 13.1 Å². The molecule has 0 unspecified atom stereocenters. The van der Waals surface area contributed by atoms with Gasteiger partial charge in [-0.25, -0.2) is 4.79 Å². The molecule has 6 heteroatoms. The largest absolute Gasteiger partial charge is 0.424 e. The smallest absolute Gasteiger partial charge is 0.344 e. The normalized spacial score (nSPS) is 12.2. The number of hydrogen-bond donors (Lipinski definition) is 1. The van der Waals surface area contributed by atoms with E-state index < -0.39 is 5.97 Å². The maximum absolute atomic E-state index is 12.0. The van der Waals surface area contributed by atoms with Crippen molar-refractivity contribution in [2.24, 2.45) is 5.92 Å². The van der Waals surface area contributed by atoms with E-state index >= 15 is 0 Å². The zero-order chi connectivity index (χ0) is 14.6. The number of esters is 1. The van der Waals surface area contributed by atoms with E-state index in [0.29, 0.717) is 10.8 Å². The van der Waals surface area contributed by atoms with Gasteiger partial charge < -0.3 is 10.1 Å². The minimum atomic E-state index is -0.571. The fraction of sp³-hybridized carbons (Fsp3) is 0.308. The predicted molar refractivity (Wildman–Crippen MR) is 78.7 cm³/mol. The van der Waals surface area contributed by atoms with E-state index in [1.165, 1.54) is 12.1 Å². The van der Waals surface area contributed by atoms with Gasteiger partial charge in [-0.15, -0.1) is 0 Å². The SMILES string of the molecule is CNC(Cl)=C(OC(=O)c1ccc(Cl)cc1Cl)C(C)C. The van der Waals surface area contributed by atoms with Crippen LogP contribution >= 0.6 is 34.8 Å². The quantitative estimate of drug-likeness (QED) is 0.506. The lowest BCUT2D eigenvalue weighted by molar-refractivity contribution is 0.0592. The van der Waals surface area contributed by atoms with Gasteiger partial charge in [0.25, 0.3) is 0 Å². The lowest BCUT2D eigenvalue weighted by Crippen LogP contribution is -2.14. The summed E-state index contributed by atoms with van der Waals surface area (Å²) < 4.78 is 5.29. The third kappa shape index (κ3) is 4.30. The van der Waals surface area contributed by atoms with Gasteiger partial charge in [0.2, 0.25) is 0 Å². The van der Waals surface area contributed by atoms with Crippen molar-refractivity contribution in [3.05, 3.63) is 44.7 Å². The summed E-state index contributed by atoms with van der Waals surface area (Å²) in [6.45, 7) is 3.73. The second kappa shape index (κ2) is 7.04. The maximum atomic E-state index is 12.0. The molecule has 1 N–H and O–H groups in total. The van der Waals surface area contributed by atoms with E-state index in [0.717, 1.165) is 0 Å². The van der Waals surface area contributed by atoms with Crippen molar-refractivity contribution in [2.45, 2.75) is 13.8 Å². The highest BCUT2D eigenvalue weighted by atomic mass is 35.5. The Kier molecular flexibility index (Phi) is 5.98. The molecule has 0 saturated heterocycles.